The Morgan fingerprint density at radius 2 is 1.65 bits per heavy atom. The minimum Gasteiger partial charge on any atom is -0.497 e. The van der Waals surface area contributed by atoms with Crippen LogP contribution in [0.5, 0.6) is 5.75 Å². The van der Waals surface area contributed by atoms with Crippen molar-refractivity contribution >= 4 is 5.69 Å². The van der Waals surface area contributed by atoms with Gasteiger partial charge in [-0.3, -0.25) is 0 Å². The van der Waals surface area contributed by atoms with Crippen LogP contribution in [0.4, 0.5) is 14.5 Å². The lowest BCUT2D eigenvalue weighted by Crippen LogP contribution is -2.10. The van der Waals surface area contributed by atoms with Gasteiger partial charge in [0.05, 0.1) is 13.2 Å². The van der Waals surface area contributed by atoms with E-state index in [2.05, 4.69) is 5.32 Å². The minimum absolute atomic E-state index is 0.0119. The summed E-state index contributed by atoms with van der Waals surface area (Å²) in [4.78, 5) is 0. The van der Waals surface area contributed by atoms with Crippen LogP contribution in [0.3, 0.4) is 0 Å². The van der Waals surface area contributed by atoms with E-state index in [0.29, 0.717) is 5.69 Å². The van der Waals surface area contributed by atoms with Crippen molar-refractivity contribution < 1.29 is 13.5 Å². The molecule has 0 radical (unpaired) electrons. The molecule has 2 rings (SSSR count). The van der Waals surface area contributed by atoms with Gasteiger partial charge in [0.15, 0.2) is 0 Å². The van der Waals surface area contributed by atoms with E-state index in [1.54, 1.807) is 7.11 Å². The number of rotatable bonds is 5. The summed E-state index contributed by atoms with van der Waals surface area (Å²) in [6, 6.07) is 11.0. The molecule has 20 heavy (non-hydrogen) atoms. The summed E-state index contributed by atoms with van der Waals surface area (Å²) in [5.41, 5.74) is 1.48. The first-order valence-electron chi connectivity index (χ1n) is 6.49. The molecular weight excluding hydrogens is 260 g/mol. The van der Waals surface area contributed by atoms with E-state index in [-0.39, 0.29) is 6.04 Å². The van der Waals surface area contributed by atoms with Crippen molar-refractivity contribution in [2.75, 3.05) is 12.4 Å². The van der Waals surface area contributed by atoms with E-state index in [4.69, 9.17) is 4.74 Å². The molecule has 0 saturated carbocycles. The number of hydrogen-bond acceptors (Lipinski definition) is 2. The molecule has 106 valence electrons. The summed E-state index contributed by atoms with van der Waals surface area (Å²) in [5.74, 6) is -0.394. The maximum Gasteiger partial charge on any atom is 0.128 e. The van der Waals surface area contributed by atoms with E-state index in [0.717, 1.165) is 23.8 Å². The van der Waals surface area contributed by atoms with E-state index >= 15 is 0 Å². The Labute approximate surface area is 117 Å². The molecule has 4 heteroatoms. The average molecular weight is 277 g/mol. The Kier molecular flexibility index (Phi) is 4.56. The van der Waals surface area contributed by atoms with Crippen LogP contribution < -0.4 is 10.1 Å². The number of methoxy groups -OCH3 is 1. The number of anilines is 1. The maximum absolute atomic E-state index is 13.2. The van der Waals surface area contributed by atoms with Crippen molar-refractivity contribution in [3.8, 4) is 5.75 Å². The van der Waals surface area contributed by atoms with Gasteiger partial charge in [-0.25, -0.2) is 8.78 Å². The van der Waals surface area contributed by atoms with Crippen LogP contribution in [0.25, 0.3) is 0 Å². The molecule has 1 atom stereocenters. The van der Waals surface area contributed by atoms with Crippen molar-refractivity contribution in [1.29, 1.82) is 0 Å². The molecule has 0 aromatic heterocycles. The standard InChI is InChI=1S/C16H17F2NO/c1-3-16(11-4-6-15(20-2)7-5-11)19-14-9-12(17)8-13(18)10-14/h4-10,16,19H,3H2,1-2H3. The second-order valence-electron chi connectivity index (χ2n) is 4.54. The molecule has 0 saturated heterocycles. The van der Waals surface area contributed by atoms with Crippen LogP contribution in [0.15, 0.2) is 42.5 Å². The van der Waals surface area contributed by atoms with Crippen LogP contribution in [-0.4, -0.2) is 7.11 Å². The van der Waals surface area contributed by atoms with Gasteiger partial charge in [0, 0.05) is 11.8 Å². The third-order valence-electron chi connectivity index (χ3n) is 3.13. The molecule has 1 unspecified atom stereocenters. The van der Waals surface area contributed by atoms with E-state index in [1.165, 1.54) is 12.1 Å². The molecule has 0 heterocycles. The molecule has 0 aliphatic carbocycles. The highest BCUT2D eigenvalue weighted by Crippen LogP contribution is 2.25. The molecular formula is C16H17F2NO. The Morgan fingerprint density at radius 3 is 2.15 bits per heavy atom. The summed E-state index contributed by atoms with van der Waals surface area (Å²) in [6.45, 7) is 2.01. The zero-order valence-corrected chi connectivity index (χ0v) is 11.5. The zero-order valence-electron chi connectivity index (χ0n) is 11.5. The largest absolute Gasteiger partial charge is 0.497 e. The van der Waals surface area contributed by atoms with Crippen LogP contribution in [0.1, 0.15) is 24.9 Å². The van der Waals surface area contributed by atoms with Crippen molar-refractivity contribution in [3.63, 3.8) is 0 Å². The molecule has 1 N–H and O–H groups in total. The molecule has 0 bridgehead atoms. The first-order valence-corrected chi connectivity index (χ1v) is 6.49. The summed E-state index contributed by atoms with van der Waals surface area (Å²) in [6.07, 6.45) is 0.796. The fourth-order valence-electron chi connectivity index (χ4n) is 2.10. The number of hydrogen-bond donors (Lipinski definition) is 1. The fourth-order valence-corrected chi connectivity index (χ4v) is 2.10. The van der Waals surface area contributed by atoms with Crippen molar-refractivity contribution in [2.24, 2.45) is 0 Å². The number of nitrogens with one attached hydrogen (secondary N) is 1. The predicted molar refractivity (Wildman–Crippen MR) is 76.0 cm³/mol. The Balaban J connectivity index is 2.19. The first kappa shape index (κ1) is 14.3. The van der Waals surface area contributed by atoms with Gasteiger partial charge in [0.1, 0.15) is 17.4 Å². The Hall–Kier alpha value is -2.10. The molecule has 2 nitrogen and oxygen atoms in total. The predicted octanol–water partition coefficient (Wildman–Crippen LogP) is 4.54. The van der Waals surface area contributed by atoms with Gasteiger partial charge in [-0.05, 0) is 36.2 Å². The highest BCUT2D eigenvalue weighted by molar-refractivity contribution is 5.46. The quantitative estimate of drug-likeness (QED) is 0.866. The molecule has 0 aliphatic heterocycles. The maximum atomic E-state index is 13.2. The highest BCUT2D eigenvalue weighted by Gasteiger charge is 2.10. The van der Waals surface area contributed by atoms with Gasteiger partial charge in [-0.1, -0.05) is 19.1 Å². The Bertz CT molecular complexity index is 549. The van der Waals surface area contributed by atoms with Gasteiger partial charge in [-0.2, -0.15) is 0 Å². The molecule has 2 aromatic carbocycles. The summed E-state index contributed by atoms with van der Waals surface area (Å²) >= 11 is 0. The van der Waals surface area contributed by atoms with Crippen molar-refractivity contribution in [1.82, 2.24) is 0 Å². The fraction of sp³-hybridized carbons (Fsp3) is 0.250. The number of benzene rings is 2. The smallest absolute Gasteiger partial charge is 0.128 e. The number of halogens is 2. The first-order chi connectivity index (χ1) is 9.62. The lowest BCUT2D eigenvalue weighted by Gasteiger charge is -2.19. The SMILES string of the molecule is CCC(Nc1cc(F)cc(F)c1)c1ccc(OC)cc1. The molecule has 0 fully saturated rings. The normalized spacial score (nSPS) is 12.0. The van der Waals surface area contributed by atoms with Gasteiger partial charge >= 0.3 is 0 Å². The second-order valence-corrected chi connectivity index (χ2v) is 4.54. The van der Waals surface area contributed by atoms with Crippen LogP contribution >= 0.6 is 0 Å². The van der Waals surface area contributed by atoms with Gasteiger partial charge < -0.3 is 10.1 Å². The third kappa shape index (κ3) is 3.47. The lowest BCUT2D eigenvalue weighted by molar-refractivity contribution is 0.414. The van der Waals surface area contributed by atoms with Gasteiger partial charge in [-0.15, -0.1) is 0 Å². The molecule has 0 amide bonds. The molecule has 2 aromatic rings. The summed E-state index contributed by atoms with van der Waals surface area (Å²) < 4.78 is 31.5. The lowest BCUT2D eigenvalue weighted by atomic mass is 10.0. The van der Waals surface area contributed by atoms with E-state index in [1.807, 2.05) is 31.2 Å². The monoisotopic (exact) mass is 277 g/mol. The van der Waals surface area contributed by atoms with E-state index < -0.39 is 11.6 Å². The zero-order chi connectivity index (χ0) is 14.5. The van der Waals surface area contributed by atoms with Crippen molar-refractivity contribution in [2.45, 2.75) is 19.4 Å². The average Bonchev–Trinajstić information content (AvgIpc) is 2.44. The second kappa shape index (κ2) is 6.37. The van der Waals surface area contributed by atoms with Crippen LogP contribution in [0, 0.1) is 11.6 Å². The topological polar surface area (TPSA) is 21.3 Å². The van der Waals surface area contributed by atoms with Crippen LogP contribution in [0.2, 0.25) is 0 Å². The van der Waals surface area contributed by atoms with E-state index in [9.17, 15) is 8.78 Å². The van der Waals surface area contributed by atoms with Gasteiger partial charge in [0.25, 0.3) is 0 Å². The third-order valence-corrected chi connectivity index (χ3v) is 3.13. The summed E-state index contributed by atoms with van der Waals surface area (Å²) in [5, 5.41) is 3.14. The van der Waals surface area contributed by atoms with Crippen LogP contribution in [-0.2, 0) is 0 Å². The molecule has 0 aliphatic rings. The Morgan fingerprint density at radius 1 is 1.05 bits per heavy atom. The summed E-state index contributed by atoms with van der Waals surface area (Å²) in [7, 11) is 1.61. The van der Waals surface area contributed by atoms with Crippen molar-refractivity contribution in [3.05, 3.63) is 59.7 Å². The van der Waals surface area contributed by atoms with Gasteiger partial charge in [0.2, 0.25) is 0 Å². The highest BCUT2D eigenvalue weighted by atomic mass is 19.1. The minimum atomic E-state index is -0.586. The molecule has 0 spiro atoms. The number of ether oxygens (including phenoxy) is 1.